The van der Waals surface area contributed by atoms with E-state index < -0.39 is 5.79 Å². The van der Waals surface area contributed by atoms with E-state index in [1.165, 1.54) is 22.0 Å². The van der Waals surface area contributed by atoms with Gasteiger partial charge >= 0.3 is 0 Å². The van der Waals surface area contributed by atoms with Gasteiger partial charge in [-0.3, -0.25) is 4.79 Å². The minimum absolute atomic E-state index is 0.0117. The van der Waals surface area contributed by atoms with Crippen LogP contribution >= 0.6 is 0 Å². The van der Waals surface area contributed by atoms with Crippen LogP contribution in [0.4, 0.5) is 0 Å². The van der Waals surface area contributed by atoms with Crippen LogP contribution < -0.4 is 0 Å². The highest BCUT2D eigenvalue weighted by molar-refractivity contribution is 5.82. The summed E-state index contributed by atoms with van der Waals surface area (Å²) in [7, 11) is 2.07. The zero-order valence-corrected chi connectivity index (χ0v) is 18.5. The Morgan fingerprint density at radius 3 is 2.42 bits per heavy atom. The summed E-state index contributed by atoms with van der Waals surface area (Å²) in [6.07, 6.45) is 1.51. The molecule has 162 valence electrons. The molecule has 1 saturated heterocycles. The fourth-order valence-electron chi connectivity index (χ4n) is 5.02. The zero-order chi connectivity index (χ0) is 21.6. The molecule has 0 bridgehead atoms. The molecule has 0 N–H and O–H groups in total. The fraction of sp³-hybridized carbons (Fsp3) is 0.423. The molecule has 0 radical (unpaired) electrons. The summed E-state index contributed by atoms with van der Waals surface area (Å²) in [6, 6.07) is 18.9. The first-order chi connectivity index (χ1) is 14.9. The quantitative estimate of drug-likeness (QED) is 0.627. The third-order valence-electron chi connectivity index (χ3n) is 6.61. The lowest BCUT2D eigenvalue weighted by atomic mass is 10.0. The van der Waals surface area contributed by atoms with Crippen molar-refractivity contribution in [3.63, 3.8) is 0 Å². The second kappa shape index (κ2) is 7.81. The second-order valence-corrected chi connectivity index (χ2v) is 9.30. The third-order valence-corrected chi connectivity index (χ3v) is 6.61. The summed E-state index contributed by atoms with van der Waals surface area (Å²) in [5.41, 5.74) is 4.90. The lowest BCUT2D eigenvalue weighted by molar-refractivity contribution is -0.148. The monoisotopic (exact) mass is 418 g/mol. The molecular weight excluding hydrogens is 388 g/mol. The van der Waals surface area contributed by atoms with Crippen LogP contribution in [0.3, 0.4) is 0 Å². The van der Waals surface area contributed by atoms with Gasteiger partial charge in [-0.2, -0.15) is 0 Å². The van der Waals surface area contributed by atoms with Crippen molar-refractivity contribution in [2.75, 3.05) is 13.2 Å². The molecule has 0 saturated carbocycles. The average Bonchev–Trinajstić information content (AvgIpc) is 3.42. The number of fused-ring (bicyclic) bond motifs is 2. The van der Waals surface area contributed by atoms with Gasteiger partial charge in [-0.1, -0.05) is 42.5 Å². The predicted octanol–water partition coefficient (Wildman–Crippen LogP) is 4.07. The average molecular weight is 419 g/mol. The number of nitrogens with zero attached hydrogens (tertiary/aromatic N) is 2. The number of hydrogen-bond donors (Lipinski definition) is 0. The fourth-order valence-corrected chi connectivity index (χ4v) is 5.02. The maximum Gasteiger partial charge on any atom is 0.226 e. The molecule has 1 atom stereocenters. The van der Waals surface area contributed by atoms with Gasteiger partial charge < -0.3 is 18.9 Å². The van der Waals surface area contributed by atoms with E-state index in [4.69, 9.17) is 9.47 Å². The van der Waals surface area contributed by atoms with Gasteiger partial charge in [-0.05, 0) is 55.3 Å². The molecule has 5 rings (SSSR count). The summed E-state index contributed by atoms with van der Waals surface area (Å²) in [5.74, 6) is -0.403. The molecule has 5 nitrogen and oxygen atoms in total. The highest BCUT2D eigenvalue weighted by Gasteiger charge is 2.37. The Morgan fingerprint density at radius 2 is 1.77 bits per heavy atom. The SMILES string of the molecule is Cn1c(CN(CC2COC(C)(C)O2)C(=O)C2Cc3ccccc3C2)cc2ccccc21. The maximum absolute atomic E-state index is 13.7. The van der Waals surface area contributed by atoms with Crippen molar-refractivity contribution in [1.29, 1.82) is 0 Å². The highest BCUT2D eigenvalue weighted by Crippen LogP contribution is 2.30. The predicted molar refractivity (Wildman–Crippen MR) is 121 cm³/mol. The Kier molecular flexibility index (Phi) is 5.11. The summed E-state index contributed by atoms with van der Waals surface area (Å²) >= 11 is 0. The molecule has 1 aliphatic heterocycles. The number of aryl methyl sites for hydroxylation is 1. The second-order valence-electron chi connectivity index (χ2n) is 9.30. The van der Waals surface area contributed by atoms with Crippen LogP contribution in [-0.2, 0) is 40.7 Å². The van der Waals surface area contributed by atoms with Gasteiger partial charge in [0.1, 0.15) is 6.10 Å². The number of benzene rings is 2. The Labute approximate surface area is 183 Å². The Hall–Kier alpha value is -2.63. The number of carbonyl (C=O) groups excluding carboxylic acids is 1. The lowest BCUT2D eigenvalue weighted by Crippen LogP contribution is -2.42. The van der Waals surface area contributed by atoms with Crippen LogP contribution in [0.15, 0.2) is 54.6 Å². The Balaban J connectivity index is 1.40. The molecule has 2 aromatic carbocycles. The minimum atomic E-state index is -0.595. The van der Waals surface area contributed by atoms with E-state index in [1.807, 2.05) is 18.7 Å². The van der Waals surface area contributed by atoms with E-state index in [0.29, 0.717) is 19.7 Å². The van der Waals surface area contributed by atoms with Crippen molar-refractivity contribution in [2.24, 2.45) is 13.0 Å². The van der Waals surface area contributed by atoms with Gasteiger partial charge in [0.05, 0.1) is 13.2 Å². The van der Waals surface area contributed by atoms with Gasteiger partial charge in [0, 0.05) is 30.7 Å². The van der Waals surface area contributed by atoms with E-state index in [-0.39, 0.29) is 17.9 Å². The Morgan fingerprint density at radius 1 is 1.10 bits per heavy atom. The van der Waals surface area contributed by atoms with Crippen molar-refractivity contribution in [3.8, 4) is 0 Å². The van der Waals surface area contributed by atoms with Crippen LogP contribution in [-0.4, -0.2) is 40.4 Å². The zero-order valence-electron chi connectivity index (χ0n) is 18.5. The number of amides is 1. The Bertz CT molecular complexity index is 1090. The van der Waals surface area contributed by atoms with Crippen molar-refractivity contribution >= 4 is 16.8 Å². The molecule has 2 aliphatic rings. The van der Waals surface area contributed by atoms with E-state index in [0.717, 1.165) is 18.5 Å². The first-order valence-electron chi connectivity index (χ1n) is 11.1. The minimum Gasteiger partial charge on any atom is -0.348 e. The molecule has 5 heteroatoms. The van der Waals surface area contributed by atoms with Gasteiger partial charge in [-0.25, -0.2) is 0 Å². The summed E-state index contributed by atoms with van der Waals surface area (Å²) < 4.78 is 14.0. The topological polar surface area (TPSA) is 43.7 Å². The van der Waals surface area contributed by atoms with Gasteiger partial charge in [0.15, 0.2) is 5.79 Å². The molecule has 3 aromatic rings. The molecule has 1 fully saturated rings. The van der Waals surface area contributed by atoms with E-state index in [9.17, 15) is 4.79 Å². The van der Waals surface area contributed by atoms with Crippen LogP contribution in [0, 0.1) is 5.92 Å². The summed E-state index contributed by atoms with van der Waals surface area (Å²) in [6.45, 7) is 5.47. The normalized spacial score (nSPS) is 20.3. The molecule has 1 aromatic heterocycles. The number of carbonyl (C=O) groups is 1. The molecule has 1 amide bonds. The van der Waals surface area contributed by atoms with E-state index in [2.05, 4.69) is 66.2 Å². The van der Waals surface area contributed by atoms with Crippen molar-refractivity contribution in [2.45, 2.75) is 45.1 Å². The first-order valence-corrected chi connectivity index (χ1v) is 11.1. The van der Waals surface area contributed by atoms with Gasteiger partial charge in [0.2, 0.25) is 5.91 Å². The first kappa shape index (κ1) is 20.3. The number of ether oxygens (including phenoxy) is 2. The van der Waals surface area contributed by atoms with Crippen LogP contribution in [0.2, 0.25) is 0 Å². The maximum atomic E-state index is 13.7. The number of para-hydroxylation sites is 1. The smallest absolute Gasteiger partial charge is 0.226 e. The van der Waals surface area contributed by atoms with Gasteiger partial charge in [-0.15, -0.1) is 0 Å². The molecule has 0 spiro atoms. The van der Waals surface area contributed by atoms with Crippen LogP contribution in [0.5, 0.6) is 0 Å². The molecule has 2 heterocycles. The number of rotatable bonds is 5. The standard InChI is InChI=1S/C26H30N2O3/c1-26(2)30-17-23(31-26)16-28(15-22-14-20-10-6-7-11-24(20)27(22)3)25(29)21-12-18-8-4-5-9-19(18)13-21/h4-11,14,21,23H,12-13,15-17H2,1-3H3. The largest absolute Gasteiger partial charge is 0.348 e. The van der Waals surface area contributed by atoms with Crippen molar-refractivity contribution in [3.05, 3.63) is 71.4 Å². The number of hydrogen-bond acceptors (Lipinski definition) is 3. The molecule has 1 unspecified atom stereocenters. The molecule has 31 heavy (non-hydrogen) atoms. The van der Waals surface area contributed by atoms with Crippen LogP contribution in [0.25, 0.3) is 10.9 Å². The lowest BCUT2D eigenvalue weighted by Gasteiger charge is -2.28. The van der Waals surface area contributed by atoms with E-state index >= 15 is 0 Å². The highest BCUT2D eigenvalue weighted by atomic mass is 16.7. The molecule has 1 aliphatic carbocycles. The van der Waals surface area contributed by atoms with Crippen molar-refractivity contribution < 1.29 is 14.3 Å². The summed E-state index contributed by atoms with van der Waals surface area (Å²) in [5, 5.41) is 1.20. The van der Waals surface area contributed by atoms with Crippen LogP contribution in [0.1, 0.15) is 30.7 Å². The molecular formula is C26H30N2O3. The number of aromatic nitrogens is 1. The van der Waals surface area contributed by atoms with Gasteiger partial charge in [0.25, 0.3) is 0 Å². The summed E-state index contributed by atoms with van der Waals surface area (Å²) in [4.78, 5) is 15.7. The van der Waals surface area contributed by atoms with E-state index in [1.54, 1.807) is 0 Å². The van der Waals surface area contributed by atoms with Crippen molar-refractivity contribution in [1.82, 2.24) is 9.47 Å². The third kappa shape index (κ3) is 4.00.